The summed E-state index contributed by atoms with van der Waals surface area (Å²) in [5.41, 5.74) is 31.4. The summed E-state index contributed by atoms with van der Waals surface area (Å²) in [5.74, 6) is 3.87. The van der Waals surface area contributed by atoms with Crippen LogP contribution < -0.4 is 5.46 Å². The van der Waals surface area contributed by atoms with Crippen LogP contribution in [0.25, 0.3) is 189 Å². The minimum absolute atomic E-state index is 0. The van der Waals surface area contributed by atoms with Crippen molar-refractivity contribution in [2.75, 3.05) is 0 Å². The average molecular weight is 1990 g/mol. The van der Waals surface area contributed by atoms with Gasteiger partial charge in [-0.05, 0) is 287 Å². The maximum Gasteiger partial charge on any atom is 0.488 e. The van der Waals surface area contributed by atoms with Crippen LogP contribution in [0.2, 0.25) is 0 Å². The first-order valence-electron chi connectivity index (χ1n) is 44.2. The molecule has 0 radical (unpaired) electrons. The number of nitriles is 1. The molecule has 134 heavy (non-hydrogen) atoms. The Kier molecular flexibility index (Phi) is 27.2. The molecule has 0 fully saturated rings. The van der Waals surface area contributed by atoms with E-state index in [1.807, 2.05) is 85.8 Å². The summed E-state index contributed by atoms with van der Waals surface area (Å²) in [6.07, 6.45) is 0. The summed E-state index contributed by atoms with van der Waals surface area (Å²) >= 11 is 14.1. The Morgan fingerprint density at radius 1 is 0.216 bits per heavy atom. The monoisotopic (exact) mass is 1990 g/mol. The standard InChI is InChI=1S/C72H51N3.C24H18Br3N3.C16H13BO2.C8H6BrN.2H2/c1-46-43-58(37-40-61(46)52-25-31-55(32-26-52)67-22-10-16-49-13-4-7-19-64(49)67)70-73-71(59-38-41-62(47(2)44-59)53-27-33-56(34-28-53)68-23-11-17-50-14-5-8-20-65(50)68)75-72(74-70)60-39-42-63(48(3)45-60)54-29-35-57(36-30-54)69-24-12-18-51-15-6-9-21-66(51)69;1-13-10-16(4-7-19(13)25)22-28-23(17-5-8-20(26)14(2)11-17)30-24(29-22)18-6-9-21(27)15(3)12-18;18-17(19)14-10-8-13(9-11-14)16-7-3-5-12-4-1-2-6-15(12)16;1-6-4-7(5-10)2-3-8(6)9;;/h4-45H,1-3H3;4-12H,1-3H3;1-11,18-19H;2-4H,1H3;2*1H. The molecule has 2 heterocycles. The Morgan fingerprint density at radius 3 is 0.649 bits per heavy atom. The third-order valence-corrected chi connectivity index (χ3v) is 28.0. The zero-order chi connectivity index (χ0) is 92.6. The number of nitrogens with zero attached hydrogens (tertiary/aromatic N) is 7. The number of hydrogen-bond acceptors (Lipinski definition) is 9. The normalized spacial score (nSPS) is 11.0. The van der Waals surface area contributed by atoms with Crippen LogP contribution in [0.5, 0.6) is 0 Å². The van der Waals surface area contributed by atoms with Crippen LogP contribution >= 0.6 is 63.7 Å². The first-order chi connectivity index (χ1) is 65.2. The van der Waals surface area contributed by atoms with Crippen LogP contribution in [0, 0.1) is 59.8 Å². The highest BCUT2D eigenvalue weighted by Crippen LogP contribution is 2.41. The van der Waals surface area contributed by atoms with E-state index in [4.69, 9.17) is 45.2 Å². The van der Waals surface area contributed by atoms with E-state index in [2.05, 4.69) is 409 Å². The molecule has 14 heteroatoms. The Hall–Kier alpha value is -14.4. The van der Waals surface area contributed by atoms with E-state index in [-0.39, 0.29) is 2.85 Å². The summed E-state index contributed by atoms with van der Waals surface area (Å²) < 4.78 is 4.24. The number of rotatable bonds is 14. The van der Waals surface area contributed by atoms with Crippen molar-refractivity contribution in [2.45, 2.75) is 48.5 Å². The van der Waals surface area contributed by atoms with Gasteiger partial charge in [-0.2, -0.15) is 5.26 Å². The van der Waals surface area contributed by atoms with Gasteiger partial charge in [0.25, 0.3) is 0 Å². The van der Waals surface area contributed by atoms with E-state index in [1.54, 1.807) is 18.2 Å². The minimum Gasteiger partial charge on any atom is -0.423 e. The molecule has 2 aromatic heterocycles. The summed E-state index contributed by atoms with van der Waals surface area (Å²) in [6, 6.07) is 140. The maximum atomic E-state index is 9.11. The van der Waals surface area contributed by atoms with Crippen molar-refractivity contribution in [1.82, 2.24) is 29.9 Å². The molecule has 0 bridgehead atoms. The van der Waals surface area contributed by atoms with Crippen molar-refractivity contribution < 1.29 is 12.9 Å². The number of benzene rings is 19. The van der Waals surface area contributed by atoms with Gasteiger partial charge in [0.1, 0.15) is 0 Å². The predicted octanol–water partition coefficient (Wildman–Crippen LogP) is 32.7. The summed E-state index contributed by atoms with van der Waals surface area (Å²) in [4.78, 5) is 30.2. The van der Waals surface area contributed by atoms with Gasteiger partial charge in [-0.1, -0.05) is 385 Å². The van der Waals surface area contributed by atoms with E-state index in [9.17, 15) is 0 Å². The Labute approximate surface area is 818 Å². The fourth-order valence-corrected chi connectivity index (χ4v) is 18.2. The number of fused-ring (bicyclic) bond motifs is 4. The van der Waals surface area contributed by atoms with Gasteiger partial charge in [-0.3, -0.25) is 0 Å². The van der Waals surface area contributed by atoms with Crippen LogP contribution in [0.1, 0.15) is 47.4 Å². The fraction of sp³-hybridized carbons (Fsp3) is 0.0583. The lowest BCUT2D eigenvalue weighted by atomic mass is 9.79. The Bertz CT molecular complexity index is 7430. The topological polar surface area (TPSA) is 142 Å². The molecule has 0 amide bonds. The van der Waals surface area contributed by atoms with E-state index < -0.39 is 7.12 Å². The molecule has 21 aromatic rings. The molecule has 21 rings (SSSR count). The van der Waals surface area contributed by atoms with E-state index in [0.29, 0.717) is 46.0 Å². The highest BCUT2D eigenvalue weighted by molar-refractivity contribution is 9.11. The molecule has 9 nitrogen and oxygen atoms in total. The molecule has 0 aliphatic rings. The molecular formula is C120H92BBr4N7O2. The first-order valence-corrected chi connectivity index (χ1v) is 47.4. The largest absolute Gasteiger partial charge is 0.488 e. The second-order valence-electron chi connectivity index (χ2n) is 33.5. The maximum absolute atomic E-state index is 9.11. The van der Waals surface area contributed by atoms with Gasteiger partial charge in [-0.15, -0.1) is 0 Å². The van der Waals surface area contributed by atoms with Gasteiger partial charge < -0.3 is 10.0 Å². The molecule has 0 atom stereocenters. The van der Waals surface area contributed by atoms with Gasteiger partial charge in [0, 0.05) is 54.1 Å². The second kappa shape index (κ2) is 40.4. The number of aromatic nitrogens is 6. The van der Waals surface area contributed by atoms with E-state index in [1.165, 1.54) is 93.2 Å². The van der Waals surface area contributed by atoms with Crippen molar-refractivity contribution in [3.63, 3.8) is 0 Å². The zero-order valence-electron chi connectivity index (χ0n) is 74.6. The lowest BCUT2D eigenvalue weighted by Crippen LogP contribution is -2.29. The SMILES string of the molecule is Cc1cc(-c2nc(-c3ccc(-c4ccc(-c5cccc6ccccc56)cc4)c(C)c3)nc(-c3ccc(-c4ccc(-c5cccc6ccccc56)cc4)c(C)c3)n2)ccc1-c1ccc(-c2cccc3ccccc23)cc1.Cc1cc(-c2nc(-c3ccc(Br)c(C)c3)nc(-c3ccc(Br)c(C)c3)n2)ccc1Br.Cc1cc(C#N)ccc1Br.OB(O)c1ccc(-c2cccc3ccccc23)cc1.[HH].[HH]. The van der Waals surface area contributed by atoms with Crippen molar-refractivity contribution in [3.8, 4) is 152 Å². The number of hydrogen-bond donors (Lipinski definition) is 2. The van der Waals surface area contributed by atoms with Gasteiger partial charge in [-0.25, -0.2) is 29.9 Å². The lowest BCUT2D eigenvalue weighted by Gasteiger charge is -2.14. The van der Waals surface area contributed by atoms with E-state index >= 15 is 0 Å². The van der Waals surface area contributed by atoms with Crippen LogP contribution in [0.3, 0.4) is 0 Å². The van der Waals surface area contributed by atoms with Crippen molar-refractivity contribution in [2.24, 2.45) is 0 Å². The van der Waals surface area contributed by atoms with Crippen LogP contribution in [0.4, 0.5) is 0 Å². The molecule has 0 spiro atoms. The molecule has 2 N–H and O–H groups in total. The van der Waals surface area contributed by atoms with Crippen molar-refractivity contribution in [1.29, 1.82) is 5.26 Å². The lowest BCUT2D eigenvalue weighted by molar-refractivity contribution is 0.426. The van der Waals surface area contributed by atoms with Crippen molar-refractivity contribution >= 4 is 119 Å². The molecule has 650 valence electrons. The van der Waals surface area contributed by atoms with E-state index in [0.717, 1.165) is 118 Å². The highest BCUT2D eigenvalue weighted by atomic mass is 79.9. The Balaban J connectivity index is 0.000000177. The first kappa shape index (κ1) is 90.2. The Morgan fingerprint density at radius 2 is 0.418 bits per heavy atom. The van der Waals surface area contributed by atoms with Crippen LogP contribution in [-0.4, -0.2) is 47.1 Å². The quantitative estimate of drug-likeness (QED) is 0.102. The van der Waals surface area contributed by atoms with Gasteiger partial charge in [0.15, 0.2) is 34.9 Å². The summed E-state index contributed by atoms with van der Waals surface area (Å²) in [6.45, 7) is 14.7. The average Bonchev–Trinajstić information content (AvgIpc) is 0.774. The number of aryl methyl sites for hydroxylation is 7. The molecule has 0 aliphatic carbocycles. The smallest absolute Gasteiger partial charge is 0.423 e. The second-order valence-corrected chi connectivity index (χ2v) is 36.9. The molecule has 0 saturated heterocycles. The van der Waals surface area contributed by atoms with Crippen LogP contribution in [0.15, 0.2) is 412 Å². The molecular weight excluding hydrogens is 1900 g/mol. The zero-order valence-corrected chi connectivity index (χ0v) is 81.0. The summed E-state index contributed by atoms with van der Waals surface area (Å²) in [5, 5.41) is 36.6. The molecule has 0 saturated carbocycles. The van der Waals surface area contributed by atoms with Crippen LogP contribution in [-0.2, 0) is 0 Å². The third-order valence-electron chi connectivity index (χ3n) is 24.5. The highest BCUT2D eigenvalue weighted by Gasteiger charge is 2.21. The van der Waals surface area contributed by atoms with Gasteiger partial charge in [0.2, 0.25) is 0 Å². The molecule has 0 aliphatic heterocycles. The fourth-order valence-electron chi connectivity index (χ4n) is 17.2. The minimum atomic E-state index is -1.42. The third kappa shape index (κ3) is 20.0. The molecule has 0 unspecified atom stereocenters. The summed E-state index contributed by atoms with van der Waals surface area (Å²) in [7, 11) is -1.42. The van der Waals surface area contributed by atoms with Crippen molar-refractivity contribution in [3.05, 3.63) is 457 Å². The number of halogens is 4. The predicted molar refractivity (Wildman–Crippen MR) is 576 cm³/mol. The molecule has 19 aromatic carbocycles. The van der Waals surface area contributed by atoms with Gasteiger partial charge >= 0.3 is 7.12 Å². The van der Waals surface area contributed by atoms with Gasteiger partial charge in [0.05, 0.1) is 11.6 Å².